The third kappa shape index (κ3) is 3.68. The Hall–Kier alpha value is -1.14. The van der Waals surface area contributed by atoms with Gasteiger partial charge in [0.2, 0.25) is 11.8 Å². The third-order valence-corrected chi connectivity index (χ3v) is 3.33. The Morgan fingerprint density at radius 2 is 1.72 bits per heavy atom. The molecule has 4 N–H and O–H groups in total. The lowest BCUT2D eigenvalue weighted by Gasteiger charge is -2.12. The van der Waals surface area contributed by atoms with Gasteiger partial charge in [-0.3, -0.25) is 9.59 Å². The van der Waals surface area contributed by atoms with Crippen LogP contribution in [-0.2, 0) is 14.3 Å². The SMILES string of the molecule is NC[C@H]1CC[C@@H](C(=O)NCCNC(=O)C2CC2)O1. The molecule has 2 rings (SSSR count). The van der Waals surface area contributed by atoms with Crippen LogP contribution in [0.1, 0.15) is 25.7 Å². The Morgan fingerprint density at radius 1 is 1.06 bits per heavy atom. The minimum absolute atomic E-state index is 0.00955. The van der Waals surface area contributed by atoms with Gasteiger partial charge in [0.15, 0.2) is 0 Å². The highest BCUT2D eigenvalue weighted by Crippen LogP contribution is 2.28. The molecule has 2 amide bonds. The summed E-state index contributed by atoms with van der Waals surface area (Å²) in [5, 5.41) is 5.56. The predicted molar refractivity (Wildman–Crippen MR) is 65.7 cm³/mol. The monoisotopic (exact) mass is 255 g/mol. The summed E-state index contributed by atoms with van der Waals surface area (Å²) in [6.07, 6.45) is 3.19. The molecule has 6 heteroatoms. The van der Waals surface area contributed by atoms with Crippen LogP contribution in [0.3, 0.4) is 0 Å². The van der Waals surface area contributed by atoms with Crippen LogP contribution in [0, 0.1) is 5.92 Å². The number of nitrogens with two attached hydrogens (primary N) is 1. The molecule has 1 saturated heterocycles. The number of carbonyl (C=O) groups is 2. The van der Waals surface area contributed by atoms with Crippen LogP contribution in [0.25, 0.3) is 0 Å². The second-order valence-corrected chi connectivity index (χ2v) is 4.92. The molecule has 0 aromatic carbocycles. The zero-order valence-electron chi connectivity index (χ0n) is 10.5. The maximum atomic E-state index is 11.7. The van der Waals surface area contributed by atoms with E-state index in [4.69, 9.17) is 10.5 Å². The number of carbonyl (C=O) groups excluding carboxylic acids is 2. The zero-order chi connectivity index (χ0) is 13.0. The molecule has 1 aliphatic heterocycles. The summed E-state index contributed by atoms with van der Waals surface area (Å²) in [5.74, 6) is 0.209. The Bertz CT molecular complexity index is 318. The average Bonchev–Trinajstić information content (AvgIpc) is 3.12. The maximum absolute atomic E-state index is 11.7. The molecule has 0 bridgehead atoms. The van der Waals surface area contributed by atoms with E-state index >= 15 is 0 Å². The molecule has 18 heavy (non-hydrogen) atoms. The first-order chi connectivity index (χ1) is 8.70. The first-order valence-corrected chi connectivity index (χ1v) is 6.61. The molecule has 0 aromatic heterocycles. The van der Waals surface area contributed by atoms with Gasteiger partial charge in [-0.25, -0.2) is 0 Å². The van der Waals surface area contributed by atoms with Crippen molar-refractivity contribution in [3.8, 4) is 0 Å². The third-order valence-electron chi connectivity index (χ3n) is 3.33. The first-order valence-electron chi connectivity index (χ1n) is 6.61. The molecule has 0 radical (unpaired) electrons. The molecule has 0 aromatic rings. The van der Waals surface area contributed by atoms with Crippen molar-refractivity contribution in [3.05, 3.63) is 0 Å². The van der Waals surface area contributed by atoms with Gasteiger partial charge in [0.1, 0.15) is 6.10 Å². The van der Waals surface area contributed by atoms with Gasteiger partial charge in [0.05, 0.1) is 6.10 Å². The van der Waals surface area contributed by atoms with E-state index in [1.807, 2.05) is 0 Å². The van der Waals surface area contributed by atoms with Gasteiger partial charge in [0.25, 0.3) is 0 Å². The van der Waals surface area contributed by atoms with Crippen molar-refractivity contribution in [1.29, 1.82) is 0 Å². The largest absolute Gasteiger partial charge is 0.364 e. The topological polar surface area (TPSA) is 93.5 Å². The fourth-order valence-electron chi connectivity index (χ4n) is 2.05. The van der Waals surface area contributed by atoms with Crippen LogP contribution in [0.15, 0.2) is 0 Å². The van der Waals surface area contributed by atoms with E-state index in [1.165, 1.54) is 0 Å². The van der Waals surface area contributed by atoms with E-state index < -0.39 is 0 Å². The van der Waals surface area contributed by atoms with Crippen molar-refractivity contribution in [3.63, 3.8) is 0 Å². The predicted octanol–water partition coefficient (Wildman–Crippen LogP) is -0.865. The van der Waals surface area contributed by atoms with Gasteiger partial charge in [0, 0.05) is 25.6 Å². The highest BCUT2D eigenvalue weighted by atomic mass is 16.5. The standard InChI is InChI=1S/C12H21N3O3/c13-7-9-3-4-10(18-9)12(17)15-6-5-14-11(16)8-1-2-8/h8-10H,1-7,13H2,(H,14,16)(H,15,17)/t9-,10+/m1/s1. The molecule has 2 fully saturated rings. The fourth-order valence-corrected chi connectivity index (χ4v) is 2.05. The minimum Gasteiger partial charge on any atom is -0.364 e. The summed E-state index contributed by atoms with van der Waals surface area (Å²) in [5.41, 5.74) is 5.48. The van der Waals surface area contributed by atoms with Crippen molar-refractivity contribution in [2.45, 2.75) is 37.9 Å². The van der Waals surface area contributed by atoms with Crippen LogP contribution in [0.2, 0.25) is 0 Å². The van der Waals surface area contributed by atoms with Crippen LogP contribution >= 0.6 is 0 Å². The molecule has 0 spiro atoms. The molecular formula is C12H21N3O3. The van der Waals surface area contributed by atoms with Crippen LogP contribution in [0.5, 0.6) is 0 Å². The van der Waals surface area contributed by atoms with Crippen LogP contribution < -0.4 is 16.4 Å². The van der Waals surface area contributed by atoms with E-state index in [1.54, 1.807) is 0 Å². The van der Waals surface area contributed by atoms with Crippen molar-refractivity contribution < 1.29 is 14.3 Å². The van der Waals surface area contributed by atoms with Gasteiger partial charge >= 0.3 is 0 Å². The number of nitrogens with one attached hydrogen (secondary N) is 2. The normalized spacial score (nSPS) is 26.9. The lowest BCUT2D eigenvalue weighted by Crippen LogP contribution is -2.40. The molecule has 2 aliphatic rings. The number of hydrogen-bond donors (Lipinski definition) is 3. The summed E-state index contributed by atoms with van der Waals surface area (Å²) in [7, 11) is 0. The molecule has 6 nitrogen and oxygen atoms in total. The maximum Gasteiger partial charge on any atom is 0.249 e. The highest BCUT2D eigenvalue weighted by molar-refractivity contribution is 5.82. The summed E-state index contributed by atoms with van der Waals surface area (Å²) in [6.45, 7) is 1.39. The Labute approximate surface area is 107 Å². The van der Waals surface area contributed by atoms with E-state index in [0.717, 1.165) is 25.7 Å². The molecule has 1 heterocycles. The van der Waals surface area contributed by atoms with Gasteiger partial charge in [-0.15, -0.1) is 0 Å². The van der Waals surface area contributed by atoms with Crippen molar-refractivity contribution in [2.75, 3.05) is 19.6 Å². The summed E-state index contributed by atoms with van der Waals surface area (Å²) in [6, 6.07) is 0. The number of ether oxygens (including phenoxy) is 1. The summed E-state index contributed by atoms with van der Waals surface area (Å²) < 4.78 is 5.47. The quantitative estimate of drug-likeness (QED) is 0.538. The minimum atomic E-state index is -0.377. The van der Waals surface area contributed by atoms with Crippen LogP contribution in [0.4, 0.5) is 0 Å². The molecule has 1 saturated carbocycles. The van der Waals surface area contributed by atoms with E-state index in [0.29, 0.717) is 19.6 Å². The fraction of sp³-hybridized carbons (Fsp3) is 0.833. The van der Waals surface area contributed by atoms with Gasteiger partial charge in [-0.1, -0.05) is 0 Å². The molecule has 2 atom stereocenters. The second kappa shape index (κ2) is 6.15. The summed E-state index contributed by atoms with van der Waals surface area (Å²) in [4.78, 5) is 23.0. The molecule has 102 valence electrons. The molecule has 0 unspecified atom stereocenters. The van der Waals surface area contributed by atoms with Gasteiger partial charge in [-0.05, 0) is 25.7 Å². The summed E-state index contributed by atoms with van der Waals surface area (Å²) >= 11 is 0. The van der Waals surface area contributed by atoms with Gasteiger partial charge in [-0.2, -0.15) is 0 Å². The number of rotatable bonds is 6. The van der Waals surface area contributed by atoms with Gasteiger partial charge < -0.3 is 21.1 Å². The first kappa shape index (κ1) is 13.3. The van der Waals surface area contributed by atoms with Crippen LogP contribution in [-0.4, -0.2) is 43.7 Å². The Balaban J connectivity index is 1.55. The highest BCUT2D eigenvalue weighted by Gasteiger charge is 2.30. The van der Waals surface area contributed by atoms with E-state index in [-0.39, 0.29) is 29.9 Å². The zero-order valence-corrected chi connectivity index (χ0v) is 10.5. The number of hydrogen-bond acceptors (Lipinski definition) is 4. The lowest BCUT2D eigenvalue weighted by atomic mass is 10.2. The molecule has 1 aliphatic carbocycles. The van der Waals surface area contributed by atoms with Crippen molar-refractivity contribution in [1.82, 2.24) is 10.6 Å². The van der Waals surface area contributed by atoms with Crippen molar-refractivity contribution in [2.24, 2.45) is 11.7 Å². The smallest absolute Gasteiger partial charge is 0.249 e. The second-order valence-electron chi connectivity index (χ2n) is 4.92. The lowest BCUT2D eigenvalue weighted by molar-refractivity contribution is -0.132. The average molecular weight is 255 g/mol. The van der Waals surface area contributed by atoms with E-state index in [2.05, 4.69) is 10.6 Å². The Morgan fingerprint density at radius 3 is 2.28 bits per heavy atom. The van der Waals surface area contributed by atoms with E-state index in [9.17, 15) is 9.59 Å². The molecular weight excluding hydrogens is 234 g/mol. The van der Waals surface area contributed by atoms with Crippen molar-refractivity contribution >= 4 is 11.8 Å². The number of amides is 2. The Kier molecular flexibility index (Phi) is 4.54.